The summed E-state index contributed by atoms with van der Waals surface area (Å²) in [5, 5.41) is 1.87. The maximum atomic E-state index is 5.83. The van der Waals surface area contributed by atoms with Crippen molar-refractivity contribution in [2.75, 3.05) is 13.1 Å². The summed E-state index contributed by atoms with van der Waals surface area (Å²) < 4.78 is 2.29. The molecule has 2 aromatic rings. The fraction of sp³-hybridized carbons (Fsp3) is 0.417. The highest BCUT2D eigenvalue weighted by molar-refractivity contribution is 5.76. The zero-order valence-corrected chi connectivity index (χ0v) is 9.48. The van der Waals surface area contributed by atoms with Crippen LogP contribution in [0.2, 0.25) is 0 Å². The van der Waals surface area contributed by atoms with Crippen LogP contribution in [0.5, 0.6) is 0 Å². The molecule has 84 valence electrons. The summed E-state index contributed by atoms with van der Waals surface area (Å²) in [6, 6.07) is 6.45. The third-order valence-electron chi connectivity index (χ3n) is 3.22. The van der Waals surface area contributed by atoms with Crippen molar-refractivity contribution < 1.29 is 0 Å². The first kappa shape index (κ1) is 9.81. The predicted molar refractivity (Wildman–Crippen MR) is 63.9 cm³/mol. The topological polar surface area (TPSA) is 47.1 Å². The van der Waals surface area contributed by atoms with Crippen LogP contribution < -0.4 is 5.84 Å². The minimum Gasteiger partial charge on any atom is -0.327 e. The smallest absolute Gasteiger partial charge is 0.111 e. The maximum Gasteiger partial charge on any atom is 0.111 e. The Balaban J connectivity index is 2.15. The second kappa shape index (κ2) is 3.57. The van der Waals surface area contributed by atoms with E-state index in [-0.39, 0.29) is 0 Å². The largest absolute Gasteiger partial charge is 0.327 e. The van der Waals surface area contributed by atoms with Gasteiger partial charge in [-0.1, -0.05) is 6.07 Å². The fourth-order valence-corrected chi connectivity index (χ4v) is 2.31. The van der Waals surface area contributed by atoms with E-state index in [4.69, 9.17) is 5.84 Å². The Labute approximate surface area is 94.6 Å². The van der Waals surface area contributed by atoms with Gasteiger partial charge < -0.3 is 4.57 Å². The number of aromatic nitrogens is 2. The summed E-state index contributed by atoms with van der Waals surface area (Å²) >= 11 is 0. The lowest BCUT2D eigenvalue weighted by atomic mass is 10.2. The van der Waals surface area contributed by atoms with Crippen molar-refractivity contribution in [2.24, 2.45) is 5.84 Å². The molecule has 0 spiro atoms. The van der Waals surface area contributed by atoms with Gasteiger partial charge in [0.1, 0.15) is 5.82 Å². The Morgan fingerprint density at radius 1 is 1.25 bits per heavy atom. The van der Waals surface area contributed by atoms with Crippen molar-refractivity contribution in [3.63, 3.8) is 0 Å². The third-order valence-corrected chi connectivity index (χ3v) is 3.22. The molecule has 0 saturated carbocycles. The quantitative estimate of drug-likeness (QED) is 0.670. The highest BCUT2D eigenvalue weighted by Crippen LogP contribution is 2.19. The van der Waals surface area contributed by atoms with Gasteiger partial charge in [-0.25, -0.2) is 9.99 Å². The van der Waals surface area contributed by atoms with Crippen LogP contribution in [0.4, 0.5) is 0 Å². The number of rotatable bonds is 0. The molecule has 0 fully saturated rings. The number of imidazole rings is 1. The second-order valence-electron chi connectivity index (χ2n) is 4.46. The summed E-state index contributed by atoms with van der Waals surface area (Å²) in [6.07, 6.45) is 0.935. The van der Waals surface area contributed by atoms with Crippen molar-refractivity contribution >= 4 is 11.0 Å². The molecule has 0 amide bonds. The average molecular weight is 216 g/mol. The number of hydrogen-bond acceptors (Lipinski definition) is 3. The van der Waals surface area contributed by atoms with Crippen LogP contribution in [-0.4, -0.2) is 27.6 Å². The van der Waals surface area contributed by atoms with E-state index >= 15 is 0 Å². The lowest BCUT2D eigenvalue weighted by Gasteiger charge is -2.11. The van der Waals surface area contributed by atoms with Gasteiger partial charge in [0.05, 0.1) is 11.0 Å². The van der Waals surface area contributed by atoms with Crippen LogP contribution in [0.1, 0.15) is 11.4 Å². The van der Waals surface area contributed by atoms with E-state index in [1.165, 1.54) is 11.1 Å². The Bertz CT molecular complexity index is 529. The standard InChI is InChI=1S/C12H16N4/c1-9-2-3-11-10(8-9)14-12-4-5-15(13)6-7-16(11)12/h2-3,8H,4-7,13H2,1H3. The van der Waals surface area contributed by atoms with Crippen LogP contribution >= 0.6 is 0 Å². The number of hydrogen-bond donors (Lipinski definition) is 1. The first-order valence-corrected chi connectivity index (χ1v) is 5.69. The molecule has 2 heterocycles. The molecular weight excluding hydrogens is 200 g/mol. The lowest BCUT2D eigenvalue weighted by Crippen LogP contribution is -2.33. The zero-order valence-electron chi connectivity index (χ0n) is 9.48. The highest BCUT2D eigenvalue weighted by atomic mass is 15.4. The van der Waals surface area contributed by atoms with Gasteiger partial charge in [-0.3, -0.25) is 5.84 Å². The summed E-state index contributed by atoms with van der Waals surface area (Å²) in [5.41, 5.74) is 3.61. The number of benzene rings is 1. The van der Waals surface area contributed by atoms with Crippen molar-refractivity contribution in [3.8, 4) is 0 Å². The van der Waals surface area contributed by atoms with E-state index in [0.29, 0.717) is 0 Å². The van der Waals surface area contributed by atoms with Crippen molar-refractivity contribution in [1.29, 1.82) is 0 Å². The molecule has 3 rings (SSSR count). The average Bonchev–Trinajstić information content (AvgIpc) is 2.50. The summed E-state index contributed by atoms with van der Waals surface area (Å²) in [7, 11) is 0. The van der Waals surface area contributed by atoms with Crippen molar-refractivity contribution in [2.45, 2.75) is 19.9 Å². The van der Waals surface area contributed by atoms with Gasteiger partial charge in [0.2, 0.25) is 0 Å². The van der Waals surface area contributed by atoms with E-state index in [9.17, 15) is 0 Å². The van der Waals surface area contributed by atoms with E-state index in [0.717, 1.165) is 37.4 Å². The summed E-state index contributed by atoms with van der Waals surface area (Å²) in [4.78, 5) is 4.69. The number of aryl methyl sites for hydroxylation is 1. The molecule has 1 aliphatic heterocycles. The van der Waals surface area contributed by atoms with Gasteiger partial charge in [-0.2, -0.15) is 0 Å². The summed E-state index contributed by atoms with van der Waals surface area (Å²) in [5.74, 6) is 6.99. The van der Waals surface area contributed by atoms with Gasteiger partial charge >= 0.3 is 0 Å². The van der Waals surface area contributed by atoms with Gasteiger partial charge in [0, 0.05) is 26.1 Å². The highest BCUT2D eigenvalue weighted by Gasteiger charge is 2.15. The normalized spacial score (nSPS) is 17.4. The SMILES string of the molecule is Cc1ccc2c(c1)nc1n2CCN(N)CC1. The third kappa shape index (κ3) is 1.50. The predicted octanol–water partition coefficient (Wildman–Crippen LogP) is 1.08. The van der Waals surface area contributed by atoms with Crippen LogP contribution in [0.25, 0.3) is 11.0 Å². The zero-order chi connectivity index (χ0) is 11.1. The molecule has 4 heteroatoms. The molecule has 0 aliphatic carbocycles. The van der Waals surface area contributed by atoms with Gasteiger partial charge in [-0.05, 0) is 24.6 Å². The van der Waals surface area contributed by atoms with Crippen LogP contribution in [0.15, 0.2) is 18.2 Å². The van der Waals surface area contributed by atoms with Gasteiger partial charge in [0.15, 0.2) is 0 Å². The molecular formula is C12H16N4. The molecule has 0 saturated heterocycles. The van der Waals surface area contributed by atoms with Gasteiger partial charge in [-0.15, -0.1) is 0 Å². The fourth-order valence-electron chi connectivity index (χ4n) is 2.31. The molecule has 1 aromatic heterocycles. The van der Waals surface area contributed by atoms with E-state index < -0.39 is 0 Å². The van der Waals surface area contributed by atoms with Gasteiger partial charge in [0.25, 0.3) is 0 Å². The van der Waals surface area contributed by atoms with E-state index in [1.54, 1.807) is 0 Å². The van der Waals surface area contributed by atoms with Crippen molar-refractivity contribution in [3.05, 3.63) is 29.6 Å². The van der Waals surface area contributed by atoms with Crippen LogP contribution in [-0.2, 0) is 13.0 Å². The monoisotopic (exact) mass is 216 g/mol. The lowest BCUT2D eigenvalue weighted by molar-refractivity contribution is 0.290. The molecule has 0 atom stereocenters. The molecule has 1 aliphatic rings. The molecule has 16 heavy (non-hydrogen) atoms. The first-order chi connectivity index (χ1) is 7.74. The Kier molecular flexibility index (Phi) is 2.19. The maximum absolute atomic E-state index is 5.83. The van der Waals surface area contributed by atoms with Crippen molar-refractivity contribution in [1.82, 2.24) is 14.6 Å². The molecule has 1 aromatic carbocycles. The minimum atomic E-state index is 0.891. The Morgan fingerprint density at radius 3 is 3.00 bits per heavy atom. The van der Waals surface area contributed by atoms with E-state index in [1.807, 2.05) is 5.01 Å². The second-order valence-corrected chi connectivity index (χ2v) is 4.46. The first-order valence-electron chi connectivity index (χ1n) is 5.69. The molecule has 0 radical (unpaired) electrons. The number of nitrogens with zero attached hydrogens (tertiary/aromatic N) is 3. The van der Waals surface area contributed by atoms with Crippen LogP contribution in [0.3, 0.4) is 0 Å². The number of fused-ring (bicyclic) bond motifs is 3. The Hall–Kier alpha value is -1.39. The molecule has 2 N–H and O–H groups in total. The van der Waals surface area contributed by atoms with Crippen LogP contribution in [0, 0.1) is 6.92 Å². The molecule has 0 unspecified atom stereocenters. The molecule has 0 bridgehead atoms. The Morgan fingerprint density at radius 2 is 2.12 bits per heavy atom. The van der Waals surface area contributed by atoms with E-state index in [2.05, 4.69) is 34.7 Å². The number of hydrazine groups is 1. The number of nitrogens with two attached hydrogens (primary N) is 1. The summed E-state index contributed by atoms with van der Waals surface area (Å²) in [6.45, 7) is 4.83. The minimum absolute atomic E-state index is 0.891. The molecule has 4 nitrogen and oxygen atoms in total.